The summed E-state index contributed by atoms with van der Waals surface area (Å²) in [6.07, 6.45) is 0.509. The summed E-state index contributed by atoms with van der Waals surface area (Å²) in [6.45, 7) is 9.09. The second kappa shape index (κ2) is 1.45. The Labute approximate surface area is 50.1 Å². The number of rotatable bonds is 2. The highest BCUT2D eigenvalue weighted by Gasteiger charge is 2.33. The van der Waals surface area contributed by atoms with Crippen molar-refractivity contribution in [2.24, 2.45) is 0 Å². The van der Waals surface area contributed by atoms with Gasteiger partial charge in [-0.25, -0.2) is 0 Å². The van der Waals surface area contributed by atoms with Crippen molar-refractivity contribution < 1.29 is 0 Å². The topological polar surface area (TPSA) is 6.02 Å². The molecule has 0 atom stereocenters. The summed E-state index contributed by atoms with van der Waals surface area (Å²) in [5.74, 6) is 0. The summed E-state index contributed by atoms with van der Waals surface area (Å²) in [6, 6.07) is 0. The van der Waals surface area contributed by atoms with Gasteiger partial charge >= 0.3 is 0 Å². The van der Waals surface area contributed by atoms with Crippen LogP contribution in [0.2, 0.25) is 0 Å². The molecule has 0 aromatic carbocycles. The molecule has 0 unspecified atom stereocenters. The van der Waals surface area contributed by atoms with E-state index in [1.165, 1.54) is 26.2 Å². The van der Waals surface area contributed by atoms with E-state index in [-0.39, 0.29) is 0 Å². The predicted molar refractivity (Wildman–Crippen MR) is 32.3 cm³/mol. The first-order valence-corrected chi connectivity index (χ1v) is 3.19. The van der Waals surface area contributed by atoms with Gasteiger partial charge in [-0.2, -0.15) is 0 Å². The number of hydrogen-bond acceptors (Lipinski definition) is 2. The normalized spacial score (nSPS) is 29.2. The molecule has 2 heteroatoms. The SMILES string of the molecule is [CH2]C(N1CC1)N1CC1. The van der Waals surface area contributed by atoms with E-state index in [0.29, 0.717) is 6.17 Å². The van der Waals surface area contributed by atoms with E-state index >= 15 is 0 Å². The van der Waals surface area contributed by atoms with Crippen LogP contribution in [0.5, 0.6) is 0 Å². The maximum absolute atomic E-state index is 4.01. The minimum atomic E-state index is 0.509. The Kier molecular flexibility index (Phi) is 0.866. The smallest absolute Gasteiger partial charge is 0.0625 e. The van der Waals surface area contributed by atoms with E-state index in [1.807, 2.05) is 0 Å². The van der Waals surface area contributed by atoms with Crippen LogP contribution in [0.15, 0.2) is 0 Å². The van der Waals surface area contributed by atoms with Crippen molar-refractivity contribution in [1.29, 1.82) is 0 Å². The first-order chi connectivity index (χ1) is 3.88. The molecule has 45 valence electrons. The standard InChI is InChI=1S/C6H11N2/c1-6(7-2-3-7)8-4-5-8/h6H,1-5H2. The lowest BCUT2D eigenvalue weighted by Crippen LogP contribution is -2.23. The quantitative estimate of drug-likeness (QED) is 0.454. The molecule has 2 nitrogen and oxygen atoms in total. The van der Waals surface area contributed by atoms with E-state index in [4.69, 9.17) is 0 Å². The van der Waals surface area contributed by atoms with Gasteiger partial charge in [0, 0.05) is 26.2 Å². The molecule has 0 aliphatic carbocycles. The molecule has 0 saturated carbocycles. The van der Waals surface area contributed by atoms with Crippen LogP contribution in [-0.4, -0.2) is 42.1 Å². The highest BCUT2D eigenvalue weighted by molar-refractivity contribution is 4.89. The Bertz CT molecular complexity index is 82.7. The second-order valence-corrected chi connectivity index (χ2v) is 2.55. The maximum atomic E-state index is 4.01. The fourth-order valence-electron chi connectivity index (χ4n) is 0.942. The Morgan fingerprint density at radius 2 is 1.38 bits per heavy atom. The Morgan fingerprint density at radius 1 is 1.00 bits per heavy atom. The van der Waals surface area contributed by atoms with Gasteiger partial charge in [-0.05, 0) is 6.92 Å². The van der Waals surface area contributed by atoms with Crippen LogP contribution in [0.25, 0.3) is 0 Å². The van der Waals surface area contributed by atoms with Gasteiger partial charge in [-0.15, -0.1) is 0 Å². The van der Waals surface area contributed by atoms with Gasteiger partial charge in [0.25, 0.3) is 0 Å². The molecule has 8 heavy (non-hydrogen) atoms. The predicted octanol–water partition coefficient (Wildman–Crippen LogP) is -0.222. The molecule has 2 aliphatic heterocycles. The van der Waals surface area contributed by atoms with Crippen LogP contribution in [-0.2, 0) is 0 Å². The zero-order valence-electron chi connectivity index (χ0n) is 5.01. The van der Waals surface area contributed by atoms with Crippen LogP contribution >= 0.6 is 0 Å². The minimum absolute atomic E-state index is 0.509. The minimum Gasteiger partial charge on any atom is -0.285 e. The molecule has 2 aliphatic rings. The molecule has 1 radical (unpaired) electrons. The summed E-state index contributed by atoms with van der Waals surface area (Å²) >= 11 is 0. The largest absolute Gasteiger partial charge is 0.285 e. The zero-order chi connectivity index (χ0) is 5.56. The molecule has 0 bridgehead atoms. The molecular formula is C6H11N2. The lowest BCUT2D eigenvalue weighted by atomic mass is 10.6. The van der Waals surface area contributed by atoms with Crippen molar-refractivity contribution in [1.82, 2.24) is 9.80 Å². The van der Waals surface area contributed by atoms with Gasteiger partial charge in [0.15, 0.2) is 0 Å². The van der Waals surface area contributed by atoms with Crippen molar-refractivity contribution in [3.05, 3.63) is 6.92 Å². The highest BCUT2D eigenvalue weighted by Crippen LogP contribution is 2.18. The fourth-order valence-corrected chi connectivity index (χ4v) is 0.942. The van der Waals surface area contributed by atoms with E-state index in [0.717, 1.165) is 0 Å². The summed E-state index contributed by atoms with van der Waals surface area (Å²) in [5.41, 5.74) is 0. The van der Waals surface area contributed by atoms with Crippen LogP contribution < -0.4 is 0 Å². The first kappa shape index (κ1) is 4.77. The van der Waals surface area contributed by atoms with Crippen LogP contribution in [0.1, 0.15) is 0 Å². The molecule has 0 N–H and O–H groups in total. The highest BCUT2D eigenvalue weighted by atomic mass is 15.5. The third-order valence-electron chi connectivity index (χ3n) is 1.81. The molecule has 2 rings (SSSR count). The third kappa shape index (κ3) is 0.740. The van der Waals surface area contributed by atoms with Crippen LogP contribution in [0.3, 0.4) is 0 Å². The van der Waals surface area contributed by atoms with Gasteiger partial charge in [0.1, 0.15) is 0 Å². The van der Waals surface area contributed by atoms with E-state index < -0.39 is 0 Å². The Morgan fingerprint density at radius 3 is 1.62 bits per heavy atom. The molecular weight excluding hydrogens is 100 g/mol. The summed E-state index contributed by atoms with van der Waals surface area (Å²) in [4.78, 5) is 4.74. The van der Waals surface area contributed by atoms with Gasteiger partial charge in [0.2, 0.25) is 0 Å². The lowest BCUT2D eigenvalue weighted by molar-refractivity contribution is 0.303. The summed E-state index contributed by atoms with van der Waals surface area (Å²) < 4.78 is 0. The molecule has 0 amide bonds. The first-order valence-electron chi connectivity index (χ1n) is 3.19. The average Bonchev–Trinajstić information content (AvgIpc) is 2.63. The molecule has 0 aromatic rings. The van der Waals surface area contributed by atoms with Gasteiger partial charge in [-0.3, -0.25) is 9.80 Å². The summed E-state index contributed by atoms with van der Waals surface area (Å²) in [5, 5.41) is 0. The van der Waals surface area contributed by atoms with Gasteiger partial charge in [0.05, 0.1) is 6.17 Å². The van der Waals surface area contributed by atoms with Gasteiger partial charge < -0.3 is 0 Å². The number of nitrogens with zero attached hydrogens (tertiary/aromatic N) is 2. The maximum Gasteiger partial charge on any atom is 0.0625 e. The molecule has 2 heterocycles. The van der Waals surface area contributed by atoms with Crippen molar-refractivity contribution >= 4 is 0 Å². The second-order valence-electron chi connectivity index (χ2n) is 2.55. The Balaban J connectivity index is 1.84. The van der Waals surface area contributed by atoms with E-state index in [2.05, 4.69) is 16.7 Å². The Hall–Kier alpha value is -0.0800. The monoisotopic (exact) mass is 111 g/mol. The van der Waals surface area contributed by atoms with Crippen LogP contribution in [0.4, 0.5) is 0 Å². The van der Waals surface area contributed by atoms with Crippen LogP contribution in [0, 0.1) is 6.92 Å². The molecule has 0 spiro atoms. The molecule has 2 fully saturated rings. The lowest BCUT2D eigenvalue weighted by Gasteiger charge is -2.11. The molecule has 0 aromatic heterocycles. The molecule has 2 saturated heterocycles. The van der Waals surface area contributed by atoms with E-state index in [9.17, 15) is 0 Å². The van der Waals surface area contributed by atoms with E-state index in [1.54, 1.807) is 0 Å². The fraction of sp³-hybridized carbons (Fsp3) is 0.833. The van der Waals surface area contributed by atoms with Crippen molar-refractivity contribution in [2.75, 3.05) is 26.2 Å². The number of hydrogen-bond donors (Lipinski definition) is 0. The average molecular weight is 111 g/mol. The van der Waals surface area contributed by atoms with Gasteiger partial charge in [-0.1, -0.05) is 0 Å². The van der Waals surface area contributed by atoms with Crippen molar-refractivity contribution in [2.45, 2.75) is 6.17 Å². The summed E-state index contributed by atoms with van der Waals surface area (Å²) in [7, 11) is 0. The zero-order valence-corrected chi connectivity index (χ0v) is 5.01. The third-order valence-corrected chi connectivity index (χ3v) is 1.81. The van der Waals surface area contributed by atoms with Crippen molar-refractivity contribution in [3.63, 3.8) is 0 Å². The van der Waals surface area contributed by atoms with Crippen molar-refractivity contribution in [3.8, 4) is 0 Å².